The van der Waals surface area contributed by atoms with E-state index in [-0.39, 0.29) is 5.78 Å². The molecule has 0 spiro atoms. The van der Waals surface area contributed by atoms with Crippen LogP contribution in [0.25, 0.3) is 55.2 Å². The number of fused-ring (bicyclic) bond motifs is 2. The predicted molar refractivity (Wildman–Crippen MR) is 150 cm³/mol. The fraction of sp³-hybridized carbons (Fsp3) is 0.200. The number of aromatic nitrogens is 5. The molecule has 7 rings (SSSR count). The Morgan fingerprint density at radius 1 is 1.08 bits per heavy atom. The number of hydrogen-bond donors (Lipinski definition) is 2. The number of hydrogen-bond acceptors (Lipinski definition) is 6. The number of carbonyl (C=O) groups is 1. The van der Waals surface area contributed by atoms with Crippen molar-refractivity contribution in [1.82, 2.24) is 30.0 Å². The van der Waals surface area contributed by atoms with Crippen LogP contribution in [0.15, 0.2) is 54.7 Å². The summed E-state index contributed by atoms with van der Waals surface area (Å²) in [5.41, 5.74) is 8.11. The minimum absolute atomic E-state index is 0.0603. The van der Waals surface area contributed by atoms with E-state index in [1.807, 2.05) is 36.4 Å². The van der Waals surface area contributed by atoms with Crippen molar-refractivity contribution in [2.45, 2.75) is 26.3 Å². The molecule has 0 atom stereocenters. The van der Waals surface area contributed by atoms with Gasteiger partial charge < -0.3 is 4.98 Å². The maximum Gasteiger partial charge on any atom is 0.169 e. The molecule has 2 N–H and O–H groups in total. The zero-order chi connectivity index (χ0) is 25.6. The van der Waals surface area contributed by atoms with Crippen LogP contribution >= 0.6 is 11.3 Å². The molecule has 0 unspecified atom stereocenters. The van der Waals surface area contributed by atoms with Gasteiger partial charge in [0, 0.05) is 34.8 Å². The molecule has 1 aliphatic heterocycles. The van der Waals surface area contributed by atoms with Gasteiger partial charge in [0.25, 0.3) is 0 Å². The molecule has 38 heavy (non-hydrogen) atoms. The van der Waals surface area contributed by atoms with Gasteiger partial charge in [-0.3, -0.25) is 19.8 Å². The number of nitrogens with one attached hydrogen (secondary N) is 2. The number of Topliss-reactive ketones (excluding diaryl/α,β-unsaturated/α-hetero) is 1. The van der Waals surface area contributed by atoms with Crippen molar-refractivity contribution >= 4 is 39.1 Å². The molecule has 7 nitrogen and oxygen atoms in total. The van der Waals surface area contributed by atoms with Gasteiger partial charge in [0.2, 0.25) is 0 Å². The summed E-state index contributed by atoms with van der Waals surface area (Å²) in [4.78, 5) is 29.1. The number of thiophene rings is 1. The lowest BCUT2D eigenvalue weighted by atomic mass is 10.1. The average Bonchev–Trinajstić information content (AvgIpc) is 3.74. The van der Waals surface area contributed by atoms with Crippen LogP contribution in [0, 0.1) is 12.1 Å². The van der Waals surface area contributed by atoms with Gasteiger partial charge in [-0.05, 0) is 81.4 Å². The van der Waals surface area contributed by atoms with Crippen LogP contribution in [0.5, 0.6) is 0 Å². The van der Waals surface area contributed by atoms with Crippen LogP contribution in [0.2, 0.25) is 0 Å². The Labute approximate surface area is 223 Å². The van der Waals surface area contributed by atoms with E-state index in [2.05, 4.69) is 49.3 Å². The number of nitrogens with zero attached hydrogens (tertiary/aromatic N) is 4. The standard InChI is InChI=1S/C30H24N6OS/c1-18(37)26-9-10-27(38-26)28-21-16-25(32-23(21)11-12-31-28)30-29-24(34-35-30)8-7-22(33-29)20-6-4-5-19(15-20)17-36-13-2-3-14-36/h6-12,15-16,32H,2-3,13-14,17H2,1H3,(H,34,35). The van der Waals surface area contributed by atoms with E-state index >= 15 is 0 Å². The van der Waals surface area contributed by atoms with Crippen molar-refractivity contribution in [1.29, 1.82) is 0 Å². The lowest BCUT2D eigenvalue weighted by Crippen LogP contribution is -2.18. The van der Waals surface area contributed by atoms with E-state index in [9.17, 15) is 4.79 Å². The Morgan fingerprint density at radius 3 is 2.82 bits per heavy atom. The highest BCUT2D eigenvalue weighted by molar-refractivity contribution is 7.17. The fourth-order valence-corrected chi connectivity index (χ4v) is 6.08. The van der Waals surface area contributed by atoms with Crippen LogP contribution in [-0.4, -0.2) is 48.9 Å². The molecule has 1 aliphatic rings. The minimum atomic E-state index is 0.0603. The summed E-state index contributed by atoms with van der Waals surface area (Å²) in [7, 11) is 0. The summed E-state index contributed by atoms with van der Waals surface area (Å²) in [6.07, 6.45) is 4.32. The minimum Gasteiger partial charge on any atom is -0.353 e. The van der Waals surface area contributed by atoms with E-state index in [1.165, 1.54) is 24.2 Å². The van der Waals surface area contributed by atoms with Crippen LogP contribution in [0.3, 0.4) is 0 Å². The van der Waals surface area contributed by atoms with Crippen molar-refractivity contribution in [3.63, 3.8) is 0 Å². The lowest BCUT2D eigenvalue weighted by molar-refractivity contribution is 0.102. The number of carbonyl (C=O) groups excluding carboxylic acids is 1. The van der Waals surface area contributed by atoms with Crippen molar-refractivity contribution in [2.24, 2.45) is 0 Å². The monoisotopic (exact) mass is 516 g/mol. The SMILES string of the molecule is CC(=O)c1ccc(-c2nccc3[nH]c(-c4n[nH]c5ccc(-c6cc#cc(CN7CCCC7)c6)nc45)cc23)s1. The molecule has 6 heterocycles. The van der Waals surface area contributed by atoms with Crippen LogP contribution < -0.4 is 0 Å². The zero-order valence-electron chi connectivity index (χ0n) is 20.8. The number of rotatable bonds is 6. The maximum absolute atomic E-state index is 11.8. The Balaban J connectivity index is 1.27. The van der Waals surface area contributed by atoms with Gasteiger partial charge in [0.15, 0.2) is 5.78 Å². The second-order valence-electron chi connectivity index (χ2n) is 9.71. The third-order valence-electron chi connectivity index (χ3n) is 7.08. The average molecular weight is 517 g/mol. The van der Waals surface area contributed by atoms with Crippen molar-refractivity contribution < 1.29 is 4.79 Å². The van der Waals surface area contributed by atoms with Gasteiger partial charge in [-0.1, -0.05) is 12.1 Å². The molecular weight excluding hydrogens is 492 g/mol. The molecular formula is C30H24N6OS. The van der Waals surface area contributed by atoms with Crippen molar-refractivity contribution in [2.75, 3.05) is 13.1 Å². The van der Waals surface area contributed by atoms with E-state index in [4.69, 9.17) is 4.98 Å². The number of ketones is 1. The van der Waals surface area contributed by atoms with E-state index < -0.39 is 0 Å². The van der Waals surface area contributed by atoms with E-state index in [0.29, 0.717) is 0 Å². The zero-order valence-corrected chi connectivity index (χ0v) is 21.7. The largest absolute Gasteiger partial charge is 0.353 e. The normalized spacial score (nSPS) is 13.9. The van der Waals surface area contributed by atoms with Crippen LogP contribution in [0.4, 0.5) is 0 Å². The second kappa shape index (κ2) is 9.21. The van der Waals surface area contributed by atoms with Gasteiger partial charge in [-0.2, -0.15) is 5.10 Å². The molecule has 186 valence electrons. The Hall–Kier alpha value is -4.32. The summed E-state index contributed by atoms with van der Waals surface area (Å²) < 4.78 is 0. The second-order valence-corrected chi connectivity index (χ2v) is 10.8. The molecule has 1 saturated heterocycles. The number of H-pyrrole nitrogens is 2. The van der Waals surface area contributed by atoms with Gasteiger partial charge in [-0.15, -0.1) is 11.3 Å². The highest BCUT2D eigenvalue weighted by atomic mass is 32.1. The quantitative estimate of drug-likeness (QED) is 0.254. The van der Waals surface area contributed by atoms with E-state index in [0.717, 1.165) is 85.2 Å². The Bertz CT molecular complexity index is 1810. The molecule has 1 aromatic carbocycles. The number of likely N-dealkylation sites (tertiary alicyclic amines) is 1. The van der Waals surface area contributed by atoms with Crippen molar-refractivity contribution in [3.05, 3.63) is 77.3 Å². The smallest absolute Gasteiger partial charge is 0.169 e. The first-order valence-electron chi connectivity index (χ1n) is 12.7. The number of aromatic amines is 2. The van der Waals surface area contributed by atoms with Gasteiger partial charge in [-0.25, -0.2) is 4.98 Å². The lowest BCUT2D eigenvalue weighted by Gasteiger charge is -2.13. The summed E-state index contributed by atoms with van der Waals surface area (Å²) in [5, 5.41) is 8.71. The molecule has 1 fully saturated rings. The third kappa shape index (κ3) is 4.06. The number of pyridine rings is 2. The molecule has 0 radical (unpaired) electrons. The van der Waals surface area contributed by atoms with Gasteiger partial charge in [0.1, 0.15) is 11.2 Å². The molecule has 0 bridgehead atoms. The molecule has 0 saturated carbocycles. The van der Waals surface area contributed by atoms with Crippen molar-refractivity contribution in [3.8, 4) is 33.2 Å². The maximum atomic E-state index is 11.8. The first-order chi connectivity index (χ1) is 18.6. The Morgan fingerprint density at radius 2 is 1.97 bits per heavy atom. The van der Waals surface area contributed by atoms with Gasteiger partial charge in [0.05, 0.1) is 32.4 Å². The molecule has 8 heteroatoms. The molecule has 5 aromatic heterocycles. The molecule has 0 aliphatic carbocycles. The summed E-state index contributed by atoms with van der Waals surface area (Å²) in [5.74, 6) is 0.0603. The summed E-state index contributed by atoms with van der Waals surface area (Å²) in [6, 6.07) is 22.4. The van der Waals surface area contributed by atoms with Crippen LogP contribution in [-0.2, 0) is 6.54 Å². The molecule has 0 amide bonds. The first-order valence-corrected chi connectivity index (χ1v) is 13.5. The van der Waals surface area contributed by atoms with E-state index in [1.54, 1.807) is 13.1 Å². The Kier molecular flexibility index (Phi) is 5.54. The summed E-state index contributed by atoms with van der Waals surface area (Å²) in [6.45, 7) is 4.77. The predicted octanol–water partition coefficient (Wildman–Crippen LogP) is 6.30. The molecule has 6 aromatic rings. The third-order valence-corrected chi connectivity index (χ3v) is 8.27. The van der Waals surface area contributed by atoms with Crippen LogP contribution in [0.1, 0.15) is 35.0 Å². The highest BCUT2D eigenvalue weighted by Crippen LogP contribution is 2.35. The summed E-state index contributed by atoms with van der Waals surface area (Å²) >= 11 is 1.46. The topological polar surface area (TPSA) is 90.6 Å². The van der Waals surface area contributed by atoms with Gasteiger partial charge >= 0.3 is 0 Å². The first kappa shape index (κ1) is 22.8. The highest BCUT2D eigenvalue weighted by Gasteiger charge is 2.18. The fourth-order valence-electron chi connectivity index (χ4n) is 5.17.